The molecule has 4 rings (SSSR count). The lowest BCUT2D eigenvalue weighted by atomic mass is 10.00. The van der Waals surface area contributed by atoms with Gasteiger partial charge in [-0.1, -0.05) is 35.4 Å². The smallest absolute Gasteiger partial charge is 0.231 e. The highest BCUT2D eigenvalue weighted by molar-refractivity contribution is 6.30. The van der Waals surface area contributed by atoms with Crippen LogP contribution in [-0.4, -0.2) is 41.5 Å². The number of hydrogen-bond donors (Lipinski definition) is 1. The van der Waals surface area contributed by atoms with Gasteiger partial charge in [-0.3, -0.25) is 0 Å². The fraction of sp³-hybridized carbons (Fsp3) is 0.481. The lowest BCUT2D eigenvalue weighted by molar-refractivity contribution is 0.0448. The Morgan fingerprint density at radius 3 is 2.82 bits per heavy atom. The van der Waals surface area contributed by atoms with Crippen LogP contribution in [0.25, 0.3) is 0 Å². The Morgan fingerprint density at radius 1 is 1.26 bits per heavy atom. The largest absolute Gasteiger partial charge is 0.464 e. The molecule has 2 aliphatic heterocycles. The average Bonchev–Trinajstić information content (AvgIpc) is 2.85. The lowest BCUT2D eigenvalue weighted by Gasteiger charge is -2.42. The van der Waals surface area contributed by atoms with Gasteiger partial charge in [-0.2, -0.15) is 0 Å². The molecule has 0 radical (unpaired) electrons. The van der Waals surface area contributed by atoms with Gasteiger partial charge in [0, 0.05) is 48.7 Å². The molecule has 0 spiro atoms. The number of rotatable bonds is 9. The maximum atomic E-state index is 14.7. The van der Waals surface area contributed by atoms with Gasteiger partial charge in [-0.05, 0) is 63.8 Å². The third-order valence-electron chi connectivity index (χ3n) is 6.88. The summed E-state index contributed by atoms with van der Waals surface area (Å²) >= 11 is 6.19. The molecule has 34 heavy (non-hydrogen) atoms. The van der Waals surface area contributed by atoms with Gasteiger partial charge in [0.15, 0.2) is 6.26 Å². The molecule has 7 heteroatoms. The van der Waals surface area contributed by atoms with Crippen LogP contribution in [0.4, 0.5) is 4.39 Å². The minimum absolute atomic E-state index is 0.200. The quantitative estimate of drug-likeness (QED) is 0.474. The summed E-state index contributed by atoms with van der Waals surface area (Å²) in [5, 5.41) is 0.523. The highest BCUT2D eigenvalue weighted by atomic mass is 35.5. The van der Waals surface area contributed by atoms with E-state index in [2.05, 4.69) is 35.0 Å². The second-order valence-electron chi connectivity index (χ2n) is 9.30. The summed E-state index contributed by atoms with van der Waals surface area (Å²) in [7, 11) is 0. The van der Waals surface area contributed by atoms with Crippen molar-refractivity contribution in [2.75, 3.05) is 19.6 Å². The Balaban J connectivity index is 1.49. The van der Waals surface area contributed by atoms with E-state index in [1.165, 1.54) is 11.6 Å². The van der Waals surface area contributed by atoms with Gasteiger partial charge in [0.2, 0.25) is 5.88 Å². The zero-order valence-electron chi connectivity index (χ0n) is 19.9. The molecule has 3 aliphatic rings. The lowest BCUT2D eigenvalue weighted by Crippen LogP contribution is -2.47. The van der Waals surface area contributed by atoms with E-state index in [-0.39, 0.29) is 11.9 Å². The molecule has 2 N–H and O–H groups in total. The Kier molecular flexibility index (Phi) is 8.70. The first kappa shape index (κ1) is 24.8. The van der Waals surface area contributed by atoms with Crippen LogP contribution in [0, 0.1) is 5.82 Å². The molecule has 1 fully saturated rings. The Bertz CT molecular complexity index is 967. The van der Waals surface area contributed by atoms with Gasteiger partial charge in [-0.15, -0.1) is 0 Å². The number of piperidine rings is 1. The summed E-state index contributed by atoms with van der Waals surface area (Å²) in [5.41, 5.74) is 7.63. The minimum Gasteiger partial charge on any atom is -0.464 e. The first-order valence-electron chi connectivity index (χ1n) is 12.2. The van der Waals surface area contributed by atoms with Crippen molar-refractivity contribution in [2.24, 2.45) is 5.73 Å². The highest BCUT2D eigenvalue weighted by Gasteiger charge is 2.31. The van der Waals surface area contributed by atoms with E-state index in [1.54, 1.807) is 24.7 Å². The van der Waals surface area contributed by atoms with Crippen LogP contribution in [-0.2, 0) is 16.0 Å². The maximum absolute atomic E-state index is 14.7. The van der Waals surface area contributed by atoms with Crippen molar-refractivity contribution in [3.05, 3.63) is 82.6 Å². The SMILES string of the molecule is CC(CCN)N1CCC(N(Cc2cc(Cl)ccc2F)C2=COC=C(CC3=CC=CCC3)O2)CC1. The number of nitrogens with two attached hydrogens (primary N) is 1. The molecule has 2 heterocycles. The van der Waals surface area contributed by atoms with Crippen LogP contribution in [0.1, 0.15) is 51.0 Å². The zero-order chi connectivity index (χ0) is 23.9. The molecular formula is C27H35ClFN3O2. The third kappa shape index (κ3) is 6.44. The van der Waals surface area contributed by atoms with E-state index in [0.29, 0.717) is 42.0 Å². The van der Waals surface area contributed by atoms with Gasteiger partial charge in [0.25, 0.3) is 0 Å². The van der Waals surface area contributed by atoms with E-state index in [9.17, 15) is 4.39 Å². The Hall–Kier alpha value is -2.28. The summed E-state index contributed by atoms with van der Waals surface area (Å²) in [6.45, 7) is 5.23. The summed E-state index contributed by atoms with van der Waals surface area (Å²) in [6, 6.07) is 5.36. The number of ether oxygens (including phenoxy) is 2. The van der Waals surface area contributed by atoms with Crippen molar-refractivity contribution in [1.82, 2.24) is 9.80 Å². The summed E-state index contributed by atoms with van der Waals surface area (Å²) in [5.74, 6) is 1.12. The topological polar surface area (TPSA) is 51.0 Å². The predicted octanol–water partition coefficient (Wildman–Crippen LogP) is 5.84. The van der Waals surface area contributed by atoms with Gasteiger partial charge >= 0.3 is 0 Å². The molecule has 1 aliphatic carbocycles. The third-order valence-corrected chi connectivity index (χ3v) is 7.12. The monoisotopic (exact) mass is 487 g/mol. The van der Waals surface area contributed by atoms with E-state index in [4.69, 9.17) is 26.8 Å². The van der Waals surface area contributed by atoms with E-state index in [0.717, 1.165) is 51.0 Å². The molecule has 5 nitrogen and oxygen atoms in total. The van der Waals surface area contributed by atoms with Crippen LogP contribution in [0.2, 0.25) is 5.02 Å². The average molecular weight is 488 g/mol. The fourth-order valence-electron chi connectivity index (χ4n) is 4.88. The van der Waals surface area contributed by atoms with Crippen molar-refractivity contribution in [2.45, 2.75) is 64.1 Å². The van der Waals surface area contributed by atoms with Crippen molar-refractivity contribution < 1.29 is 13.9 Å². The minimum atomic E-state index is -0.268. The molecular weight excluding hydrogens is 453 g/mol. The van der Waals surface area contributed by atoms with Crippen LogP contribution in [0.5, 0.6) is 0 Å². The van der Waals surface area contributed by atoms with Crippen LogP contribution in [0.15, 0.2) is 66.2 Å². The molecule has 0 amide bonds. The van der Waals surface area contributed by atoms with Crippen LogP contribution < -0.4 is 5.73 Å². The van der Waals surface area contributed by atoms with Gasteiger partial charge in [-0.25, -0.2) is 4.39 Å². The zero-order valence-corrected chi connectivity index (χ0v) is 20.6. The molecule has 1 aromatic rings. The Labute approximate surface area is 207 Å². The van der Waals surface area contributed by atoms with Crippen LogP contribution >= 0.6 is 11.6 Å². The number of allylic oxidation sites excluding steroid dienone is 4. The molecule has 1 atom stereocenters. The number of nitrogens with zero attached hydrogens (tertiary/aromatic N) is 2. The standard InChI is InChI=1S/C27H35ClFN3O2/c1-20(9-12-30)31-13-10-24(11-14-31)32(17-22-16-23(28)7-8-26(22)29)27-19-33-18-25(34-27)15-21-5-3-2-4-6-21/h2-3,5,7-8,16,18-20,24H,4,6,9-15,17,30H2,1H3. The number of halogens is 2. The van der Waals surface area contributed by atoms with Crippen molar-refractivity contribution in [3.8, 4) is 0 Å². The normalized spacial score (nSPS) is 20.1. The van der Waals surface area contributed by atoms with E-state index < -0.39 is 0 Å². The van der Waals surface area contributed by atoms with Crippen molar-refractivity contribution >= 4 is 11.6 Å². The van der Waals surface area contributed by atoms with Crippen LogP contribution in [0.3, 0.4) is 0 Å². The first-order chi connectivity index (χ1) is 16.5. The first-order valence-corrected chi connectivity index (χ1v) is 12.6. The van der Waals surface area contributed by atoms with Gasteiger partial charge in [0.05, 0.1) is 0 Å². The summed E-state index contributed by atoms with van der Waals surface area (Å²) in [6.07, 6.45) is 15.4. The second-order valence-corrected chi connectivity index (χ2v) is 9.74. The van der Waals surface area contributed by atoms with Gasteiger partial charge in [0.1, 0.15) is 17.8 Å². The maximum Gasteiger partial charge on any atom is 0.231 e. The van der Waals surface area contributed by atoms with Gasteiger partial charge < -0.3 is 25.0 Å². The van der Waals surface area contributed by atoms with Crippen molar-refractivity contribution in [1.29, 1.82) is 0 Å². The predicted molar refractivity (Wildman–Crippen MR) is 134 cm³/mol. The van der Waals surface area contributed by atoms with E-state index in [1.807, 2.05) is 0 Å². The molecule has 0 saturated carbocycles. The Morgan fingerprint density at radius 2 is 2.09 bits per heavy atom. The summed E-state index contributed by atoms with van der Waals surface area (Å²) in [4.78, 5) is 4.63. The fourth-order valence-corrected chi connectivity index (χ4v) is 5.07. The molecule has 0 bridgehead atoms. The number of benzene rings is 1. The highest BCUT2D eigenvalue weighted by Crippen LogP contribution is 2.31. The molecule has 1 saturated heterocycles. The molecule has 0 aromatic heterocycles. The van der Waals surface area contributed by atoms with E-state index >= 15 is 0 Å². The second kappa shape index (κ2) is 11.9. The molecule has 184 valence electrons. The number of likely N-dealkylation sites (tertiary alicyclic amines) is 1. The molecule has 1 unspecified atom stereocenters. The summed E-state index contributed by atoms with van der Waals surface area (Å²) < 4.78 is 26.7. The molecule has 1 aromatic carbocycles. The van der Waals surface area contributed by atoms with Crippen molar-refractivity contribution in [3.63, 3.8) is 0 Å². The number of hydrogen-bond acceptors (Lipinski definition) is 5.